The second-order valence-electron chi connectivity index (χ2n) is 5.14. The SMILES string of the molecule is Cc1ccc2c(c1)CCN2CC(C)N(C)C. The lowest BCUT2D eigenvalue weighted by molar-refractivity contribution is 0.316. The molecule has 0 bridgehead atoms. The van der Waals surface area contributed by atoms with Gasteiger partial charge in [0.1, 0.15) is 0 Å². The molecule has 1 atom stereocenters. The Bertz CT molecular complexity index is 371. The first-order valence-electron chi connectivity index (χ1n) is 6.09. The number of anilines is 1. The Kier molecular flexibility index (Phi) is 3.20. The Labute approximate surface area is 98.9 Å². The number of nitrogens with zero attached hydrogens (tertiary/aromatic N) is 2. The molecule has 0 radical (unpaired) electrons. The number of hydrogen-bond acceptors (Lipinski definition) is 2. The summed E-state index contributed by atoms with van der Waals surface area (Å²) >= 11 is 0. The quantitative estimate of drug-likeness (QED) is 0.768. The van der Waals surface area contributed by atoms with Crippen molar-refractivity contribution >= 4 is 5.69 Å². The van der Waals surface area contributed by atoms with Crippen molar-refractivity contribution in [3.8, 4) is 0 Å². The molecule has 2 rings (SSSR count). The van der Waals surface area contributed by atoms with E-state index >= 15 is 0 Å². The summed E-state index contributed by atoms with van der Waals surface area (Å²) in [5.41, 5.74) is 4.34. The normalized spacial score (nSPS) is 16.7. The van der Waals surface area contributed by atoms with Gasteiger partial charge in [-0.25, -0.2) is 0 Å². The summed E-state index contributed by atoms with van der Waals surface area (Å²) in [6, 6.07) is 7.43. The Morgan fingerprint density at radius 2 is 2.12 bits per heavy atom. The zero-order valence-electron chi connectivity index (χ0n) is 10.8. The third kappa shape index (κ3) is 2.22. The fourth-order valence-electron chi connectivity index (χ4n) is 2.27. The van der Waals surface area contributed by atoms with Crippen molar-refractivity contribution in [1.29, 1.82) is 0 Å². The molecule has 0 amide bonds. The molecule has 0 saturated heterocycles. The van der Waals surface area contributed by atoms with E-state index in [0.717, 1.165) is 6.54 Å². The highest BCUT2D eigenvalue weighted by molar-refractivity contribution is 5.59. The number of benzene rings is 1. The van der Waals surface area contributed by atoms with Gasteiger partial charge < -0.3 is 9.80 Å². The van der Waals surface area contributed by atoms with Gasteiger partial charge in [-0.05, 0) is 46.0 Å². The van der Waals surface area contributed by atoms with Crippen LogP contribution in [0, 0.1) is 6.92 Å². The predicted octanol–water partition coefficient (Wildman–Crippen LogP) is 2.31. The van der Waals surface area contributed by atoms with Crippen LogP contribution < -0.4 is 4.90 Å². The molecule has 2 nitrogen and oxygen atoms in total. The van der Waals surface area contributed by atoms with Crippen LogP contribution in [0.15, 0.2) is 18.2 Å². The largest absolute Gasteiger partial charge is 0.369 e. The molecule has 1 heterocycles. The smallest absolute Gasteiger partial charge is 0.0400 e. The van der Waals surface area contributed by atoms with E-state index in [1.165, 1.54) is 29.8 Å². The van der Waals surface area contributed by atoms with Crippen LogP contribution in [0.25, 0.3) is 0 Å². The number of hydrogen-bond donors (Lipinski definition) is 0. The molecule has 0 saturated carbocycles. The summed E-state index contributed by atoms with van der Waals surface area (Å²) < 4.78 is 0. The van der Waals surface area contributed by atoms with Crippen LogP contribution in [0.2, 0.25) is 0 Å². The maximum absolute atomic E-state index is 2.51. The molecule has 2 heteroatoms. The zero-order chi connectivity index (χ0) is 11.7. The van der Waals surface area contributed by atoms with Crippen molar-refractivity contribution in [3.63, 3.8) is 0 Å². The lowest BCUT2D eigenvalue weighted by atomic mass is 10.1. The van der Waals surface area contributed by atoms with Crippen LogP contribution >= 0.6 is 0 Å². The third-order valence-electron chi connectivity index (χ3n) is 3.59. The molecule has 0 aromatic heterocycles. The van der Waals surface area contributed by atoms with Gasteiger partial charge in [0.15, 0.2) is 0 Å². The van der Waals surface area contributed by atoms with Crippen LogP contribution in [-0.4, -0.2) is 38.1 Å². The molecule has 0 fully saturated rings. The maximum atomic E-state index is 2.51. The summed E-state index contributed by atoms with van der Waals surface area (Å²) in [5.74, 6) is 0. The fraction of sp³-hybridized carbons (Fsp3) is 0.571. The fourth-order valence-corrected chi connectivity index (χ4v) is 2.27. The first-order valence-corrected chi connectivity index (χ1v) is 6.09. The summed E-state index contributed by atoms with van der Waals surface area (Å²) in [6.07, 6.45) is 1.21. The second-order valence-corrected chi connectivity index (χ2v) is 5.14. The van der Waals surface area contributed by atoms with Gasteiger partial charge in [-0.3, -0.25) is 0 Å². The van der Waals surface area contributed by atoms with Gasteiger partial charge in [-0.15, -0.1) is 0 Å². The van der Waals surface area contributed by atoms with Gasteiger partial charge in [0.25, 0.3) is 0 Å². The van der Waals surface area contributed by atoms with E-state index in [1.54, 1.807) is 0 Å². The first-order chi connectivity index (χ1) is 7.58. The highest BCUT2D eigenvalue weighted by atomic mass is 15.2. The molecule has 16 heavy (non-hydrogen) atoms. The molecular weight excluding hydrogens is 196 g/mol. The van der Waals surface area contributed by atoms with Crippen LogP contribution in [0.3, 0.4) is 0 Å². The number of fused-ring (bicyclic) bond motifs is 1. The summed E-state index contributed by atoms with van der Waals surface area (Å²) in [7, 11) is 4.30. The lowest BCUT2D eigenvalue weighted by Crippen LogP contribution is -2.37. The lowest BCUT2D eigenvalue weighted by Gasteiger charge is -2.27. The van der Waals surface area contributed by atoms with Gasteiger partial charge in [-0.2, -0.15) is 0 Å². The van der Waals surface area contributed by atoms with Crippen molar-refractivity contribution in [3.05, 3.63) is 29.3 Å². The van der Waals surface area contributed by atoms with E-state index < -0.39 is 0 Å². The molecule has 1 aromatic rings. The molecule has 88 valence electrons. The number of likely N-dealkylation sites (N-methyl/N-ethyl adjacent to an activating group) is 1. The van der Waals surface area contributed by atoms with Gasteiger partial charge in [-0.1, -0.05) is 17.7 Å². The van der Waals surface area contributed by atoms with Gasteiger partial charge in [0, 0.05) is 24.8 Å². The minimum absolute atomic E-state index is 0.604. The highest BCUT2D eigenvalue weighted by Gasteiger charge is 2.20. The molecule has 0 aliphatic carbocycles. The van der Waals surface area contributed by atoms with E-state index in [4.69, 9.17) is 0 Å². The van der Waals surface area contributed by atoms with Crippen LogP contribution in [0.4, 0.5) is 5.69 Å². The monoisotopic (exact) mass is 218 g/mol. The first kappa shape index (κ1) is 11.5. The zero-order valence-corrected chi connectivity index (χ0v) is 10.8. The summed E-state index contributed by atoms with van der Waals surface area (Å²) in [4.78, 5) is 4.80. The van der Waals surface area contributed by atoms with Gasteiger partial charge >= 0.3 is 0 Å². The van der Waals surface area contributed by atoms with E-state index in [-0.39, 0.29) is 0 Å². The number of aryl methyl sites for hydroxylation is 1. The Morgan fingerprint density at radius 3 is 2.81 bits per heavy atom. The number of rotatable bonds is 3. The molecule has 1 aliphatic rings. The average molecular weight is 218 g/mol. The van der Waals surface area contributed by atoms with E-state index in [9.17, 15) is 0 Å². The molecule has 1 unspecified atom stereocenters. The Morgan fingerprint density at radius 1 is 1.38 bits per heavy atom. The van der Waals surface area contributed by atoms with Crippen LogP contribution in [0.5, 0.6) is 0 Å². The average Bonchev–Trinajstić information content (AvgIpc) is 2.60. The maximum Gasteiger partial charge on any atom is 0.0400 e. The summed E-state index contributed by atoms with van der Waals surface area (Å²) in [6.45, 7) is 6.76. The molecule has 0 spiro atoms. The minimum Gasteiger partial charge on any atom is -0.369 e. The van der Waals surface area contributed by atoms with Crippen molar-refractivity contribution < 1.29 is 0 Å². The molecule has 1 aliphatic heterocycles. The topological polar surface area (TPSA) is 6.48 Å². The minimum atomic E-state index is 0.604. The van der Waals surface area contributed by atoms with Crippen molar-refractivity contribution in [2.24, 2.45) is 0 Å². The second kappa shape index (κ2) is 4.46. The van der Waals surface area contributed by atoms with Crippen LogP contribution in [-0.2, 0) is 6.42 Å². The molecular formula is C14H22N2. The third-order valence-corrected chi connectivity index (χ3v) is 3.59. The van der Waals surface area contributed by atoms with E-state index in [1.807, 2.05) is 0 Å². The van der Waals surface area contributed by atoms with E-state index in [2.05, 4.69) is 55.9 Å². The molecule has 1 aromatic carbocycles. The van der Waals surface area contributed by atoms with E-state index in [0.29, 0.717) is 6.04 Å². The highest BCUT2D eigenvalue weighted by Crippen LogP contribution is 2.28. The van der Waals surface area contributed by atoms with Crippen molar-refractivity contribution in [2.45, 2.75) is 26.3 Å². The van der Waals surface area contributed by atoms with Crippen LogP contribution in [0.1, 0.15) is 18.1 Å². The van der Waals surface area contributed by atoms with Crippen molar-refractivity contribution in [2.75, 3.05) is 32.1 Å². The van der Waals surface area contributed by atoms with Gasteiger partial charge in [0.2, 0.25) is 0 Å². The Balaban J connectivity index is 2.12. The predicted molar refractivity (Wildman–Crippen MR) is 70.2 cm³/mol. The van der Waals surface area contributed by atoms with Gasteiger partial charge in [0.05, 0.1) is 0 Å². The Hall–Kier alpha value is -1.02. The summed E-state index contributed by atoms with van der Waals surface area (Å²) in [5, 5.41) is 0. The standard InChI is InChI=1S/C14H22N2/c1-11-5-6-14-13(9-11)7-8-16(14)10-12(2)15(3)4/h5-6,9,12H,7-8,10H2,1-4H3. The molecule has 0 N–H and O–H groups in total. The van der Waals surface area contributed by atoms with Crippen molar-refractivity contribution in [1.82, 2.24) is 4.90 Å².